The highest BCUT2D eigenvalue weighted by Gasteiger charge is 2.26. The van der Waals surface area contributed by atoms with Crippen molar-refractivity contribution >= 4 is 10.0 Å². The Hall–Kier alpha value is -0.910. The molecule has 0 heterocycles. The number of nitrogens with one attached hydrogen (secondary N) is 1. The molecule has 1 N–H and O–H groups in total. The largest absolute Gasteiger partial charge is 0.310 e. The summed E-state index contributed by atoms with van der Waals surface area (Å²) in [4.78, 5) is 0.416. The second kappa shape index (κ2) is 5.61. The van der Waals surface area contributed by atoms with Crippen molar-refractivity contribution in [3.63, 3.8) is 0 Å². The van der Waals surface area contributed by atoms with Gasteiger partial charge in [-0.1, -0.05) is 18.2 Å². The molecule has 19 heavy (non-hydrogen) atoms. The predicted molar refractivity (Wildman–Crippen MR) is 76.4 cm³/mol. The molecule has 4 nitrogen and oxygen atoms in total. The first-order valence-electron chi connectivity index (χ1n) is 6.72. The van der Waals surface area contributed by atoms with Crippen LogP contribution in [0.15, 0.2) is 29.2 Å². The van der Waals surface area contributed by atoms with Crippen LogP contribution in [-0.4, -0.2) is 31.9 Å². The summed E-state index contributed by atoms with van der Waals surface area (Å²) in [6, 6.07) is 7.77. The van der Waals surface area contributed by atoms with Gasteiger partial charge in [-0.2, -0.15) is 4.31 Å². The van der Waals surface area contributed by atoms with Gasteiger partial charge in [-0.3, -0.25) is 0 Å². The maximum absolute atomic E-state index is 12.6. The van der Waals surface area contributed by atoms with Crippen LogP contribution in [0.1, 0.15) is 32.3 Å². The highest BCUT2D eigenvalue weighted by Crippen LogP contribution is 2.23. The molecule has 1 aliphatic rings. The van der Waals surface area contributed by atoms with Crippen LogP contribution >= 0.6 is 0 Å². The van der Waals surface area contributed by atoms with E-state index in [1.165, 1.54) is 17.1 Å². The molecule has 0 bridgehead atoms. The Balaban J connectivity index is 2.27. The number of hydrogen-bond acceptors (Lipinski definition) is 3. The first kappa shape index (κ1) is 14.5. The number of rotatable bonds is 6. The van der Waals surface area contributed by atoms with Crippen molar-refractivity contribution in [2.75, 3.05) is 7.05 Å². The predicted octanol–water partition coefficient (Wildman–Crippen LogP) is 1.97. The Kier molecular flexibility index (Phi) is 4.28. The van der Waals surface area contributed by atoms with Gasteiger partial charge in [0.05, 0.1) is 4.90 Å². The average Bonchev–Trinajstić information content (AvgIpc) is 3.19. The van der Waals surface area contributed by atoms with Gasteiger partial charge in [-0.05, 0) is 38.3 Å². The Morgan fingerprint density at radius 3 is 2.53 bits per heavy atom. The lowest BCUT2D eigenvalue weighted by Crippen LogP contribution is -2.34. The smallest absolute Gasteiger partial charge is 0.243 e. The summed E-state index contributed by atoms with van der Waals surface area (Å²) >= 11 is 0. The topological polar surface area (TPSA) is 49.4 Å². The number of nitrogens with zero attached hydrogens (tertiary/aromatic N) is 1. The number of sulfonamides is 1. The maximum atomic E-state index is 12.6. The first-order chi connectivity index (χ1) is 8.93. The van der Waals surface area contributed by atoms with Crippen LogP contribution in [0.25, 0.3) is 0 Å². The Labute approximate surface area is 115 Å². The van der Waals surface area contributed by atoms with E-state index in [0.29, 0.717) is 17.5 Å². The molecule has 1 aromatic rings. The van der Waals surface area contributed by atoms with Gasteiger partial charge >= 0.3 is 0 Å². The van der Waals surface area contributed by atoms with Gasteiger partial charge < -0.3 is 5.32 Å². The fourth-order valence-electron chi connectivity index (χ4n) is 1.88. The van der Waals surface area contributed by atoms with E-state index in [1.54, 1.807) is 19.2 Å². The molecule has 0 atom stereocenters. The Morgan fingerprint density at radius 1 is 1.32 bits per heavy atom. The molecule has 1 saturated carbocycles. The van der Waals surface area contributed by atoms with E-state index >= 15 is 0 Å². The molecular weight excluding hydrogens is 260 g/mol. The lowest BCUT2D eigenvalue weighted by Gasteiger charge is -2.22. The van der Waals surface area contributed by atoms with Crippen LogP contribution in [0, 0.1) is 0 Å². The first-order valence-corrected chi connectivity index (χ1v) is 8.16. The normalized spacial score (nSPS) is 16.3. The Bertz CT molecular complexity index is 536. The van der Waals surface area contributed by atoms with Crippen molar-refractivity contribution in [3.05, 3.63) is 29.8 Å². The summed E-state index contributed by atoms with van der Waals surface area (Å²) < 4.78 is 26.5. The third-order valence-electron chi connectivity index (χ3n) is 3.52. The zero-order chi connectivity index (χ0) is 14.0. The quantitative estimate of drug-likeness (QED) is 0.868. The highest BCUT2D eigenvalue weighted by molar-refractivity contribution is 7.89. The van der Waals surface area contributed by atoms with Gasteiger partial charge in [0.1, 0.15) is 0 Å². The molecule has 0 unspecified atom stereocenters. The van der Waals surface area contributed by atoms with Crippen LogP contribution in [0.3, 0.4) is 0 Å². The summed E-state index contributed by atoms with van der Waals surface area (Å²) in [5.74, 6) is 0. The van der Waals surface area contributed by atoms with Gasteiger partial charge in [0.15, 0.2) is 0 Å². The molecule has 0 aliphatic heterocycles. The Morgan fingerprint density at radius 2 is 1.95 bits per heavy atom. The summed E-state index contributed by atoms with van der Waals surface area (Å²) in [7, 11) is -1.77. The second-order valence-corrected chi connectivity index (χ2v) is 7.34. The summed E-state index contributed by atoms with van der Waals surface area (Å²) in [6.07, 6.45) is 2.39. The van der Waals surface area contributed by atoms with Crippen LogP contribution in [0.4, 0.5) is 0 Å². The molecule has 5 heteroatoms. The molecule has 0 amide bonds. The van der Waals surface area contributed by atoms with Gasteiger partial charge in [0, 0.05) is 25.7 Å². The molecule has 0 aromatic heterocycles. The van der Waals surface area contributed by atoms with Crippen molar-refractivity contribution in [2.24, 2.45) is 0 Å². The van der Waals surface area contributed by atoms with Crippen molar-refractivity contribution in [3.8, 4) is 0 Å². The molecule has 2 rings (SSSR count). The summed E-state index contributed by atoms with van der Waals surface area (Å²) in [6.45, 7) is 4.37. The fourth-order valence-corrected chi connectivity index (χ4v) is 3.46. The van der Waals surface area contributed by atoms with Gasteiger partial charge in [0.2, 0.25) is 10.0 Å². The lowest BCUT2D eigenvalue weighted by molar-refractivity contribution is 0.410. The molecule has 1 aliphatic carbocycles. The molecule has 106 valence electrons. The highest BCUT2D eigenvalue weighted by atomic mass is 32.2. The van der Waals surface area contributed by atoms with Crippen LogP contribution in [-0.2, 0) is 16.6 Å². The van der Waals surface area contributed by atoms with E-state index in [9.17, 15) is 8.42 Å². The minimum absolute atomic E-state index is 0.0468. The number of benzene rings is 1. The van der Waals surface area contributed by atoms with E-state index in [1.807, 2.05) is 26.0 Å². The zero-order valence-electron chi connectivity index (χ0n) is 11.8. The average molecular weight is 282 g/mol. The second-order valence-electron chi connectivity index (χ2n) is 5.38. The standard InChI is InChI=1S/C14H22N2O2S/c1-11(2)16(3)19(17,18)14-7-5-4-6-12(14)10-15-13-8-9-13/h4-7,11,13,15H,8-10H2,1-3H3. The molecule has 1 aromatic carbocycles. The van der Waals surface area contributed by atoms with E-state index in [0.717, 1.165) is 5.56 Å². The van der Waals surface area contributed by atoms with E-state index < -0.39 is 10.0 Å². The van der Waals surface area contributed by atoms with Crippen LogP contribution in [0.2, 0.25) is 0 Å². The minimum atomic E-state index is -3.40. The molecular formula is C14H22N2O2S. The van der Waals surface area contributed by atoms with Gasteiger partial charge in [-0.25, -0.2) is 8.42 Å². The van der Waals surface area contributed by atoms with Crippen molar-refractivity contribution < 1.29 is 8.42 Å². The van der Waals surface area contributed by atoms with E-state index in [2.05, 4.69) is 5.32 Å². The fraction of sp³-hybridized carbons (Fsp3) is 0.571. The molecule has 1 fully saturated rings. The van der Waals surface area contributed by atoms with Crippen LogP contribution in [0.5, 0.6) is 0 Å². The van der Waals surface area contributed by atoms with Crippen molar-refractivity contribution in [1.29, 1.82) is 0 Å². The van der Waals surface area contributed by atoms with Gasteiger partial charge in [0.25, 0.3) is 0 Å². The van der Waals surface area contributed by atoms with E-state index in [-0.39, 0.29) is 6.04 Å². The minimum Gasteiger partial charge on any atom is -0.310 e. The number of hydrogen-bond donors (Lipinski definition) is 1. The van der Waals surface area contributed by atoms with Gasteiger partial charge in [-0.15, -0.1) is 0 Å². The molecule has 0 saturated heterocycles. The van der Waals surface area contributed by atoms with E-state index in [4.69, 9.17) is 0 Å². The summed E-state index contributed by atoms with van der Waals surface area (Å²) in [5, 5.41) is 3.37. The van der Waals surface area contributed by atoms with Crippen molar-refractivity contribution in [2.45, 2.75) is 50.2 Å². The monoisotopic (exact) mass is 282 g/mol. The SMILES string of the molecule is CC(C)N(C)S(=O)(=O)c1ccccc1CNC1CC1. The molecule has 0 spiro atoms. The lowest BCUT2D eigenvalue weighted by atomic mass is 10.2. The zero-order valence-corrected chi connectivity index (χ0v) is 12.6. The third-order valence-corrected chi connectivity index (χ3v) is 5.65. The van der Waals surface area contributed by atoms with Crippen molar-refractivity contribution in [1.82, 2.24) is 9.62 Å². The van der Waals surface area contributed by atoms with Crippen LogP contribution < -0.4 is 5.32 Å². The molecule has 0 radical (unpaired) electrons. The maximum Gasteiger partial charge on any atom is 0.243 e. The summed E-state index contributed by atoms with van der Waals surface area (Å²) in [5.41, 5.74) is 0.849. The third kappa shape index (κ3) is 3.35.